The number of rotatable bonds is 6. The third-order valence-electron chi connectivity index (χ3n) is 2.13. The van der Waals surface area contributed by atoms with Crippen molar-refractivity contribution in [1.82, 2.24) is 0 Å². The average Bonchev–Trinajstić information content (AvgIpc) is 2.16. The first-order valence-corrected chi connectivity index (χ1v) is 4.78. The maximum Gasteiger partial charge on any atom is 0.341 e. The van der Waals surface area contributed by atoms with Crippen molar-refractivity contribution in [3.8, 4) is 0 Å². The highest BCUT2D eigenvalue weighted by molar-refractivity contribution is 5.89. The smallest absolute Gasteiger partial charge is 0.341 e. The number of carbonyl (C=O) groups excluding carboxylic acids is 2. The van der Waals surface area contributed by atoms with Crippen LogP contribution in [0.2, 0.25) is 0 Å². The van der Waals surface area contributed by atoms with Crippen molar-refractivity contribution in [2.24, 2.45) is 16.5 Å². The number of nitrogens with two attached hydrogens (primary N) is 2. The van der Waals surface area contributed by atoms with Gasteiger partial charge in [0.1, 0.15) is 0 Å². The maximum atomic E-state index is 11.6. The number of hydrogen-bond acceptors (Lipinski definition) is 4. The average molecular weight is 215 g/mol. The summed E-state index contributed by atoms with van der Waals surface area (Å²) in [5, 5.41) is 0. The van der Waals surface area contributed by atoms with Gasteiger partial charge < -0.3 is 16.2 Å². The van der Waals surface area contributed by atoms with Crippen molar-refractivity contribution in [3.63, 3.8) is 0 Å². The Hall–Kier alpha value is -1.59. The topological polar surface area (TPSA) is 108 Å². The molecule has 0 radical (unpaired) electrons. The molecule has 0 bridgehead atoms. The van der Waals surface area contributed by atoms with Crippen LogP contribution in [0.5, 0.6) is 0 Å². The second-order valence-electron chi connectivity index (χ2n) is 3.17. The van der Waals surface area contributed by atoms with Crippen LogP contribution in [0.1, 0.15) is 33.1 Å². The van der Waals surface area contributed by atoms with Crippen LogP contribution in [0, 0.1) is 0 Å². The Bertz CT molecular complexity index is 261. The number of carbonyl (C=O) groups is 2. The van der Waals surface area contributed by atoms with Crippen LogP contribution in [0.25, 0.3) is 0 Å². The van der Waals surface area contributed by atoms with Crippen molar-refractivity contribution >= 4 is 18.4 Å². The quantitative estimate of drug-likeness (QED) is 0.211. The molecule has 0 amide bonds. The van der Waals surface area contributed by atoms with E-state index in [1.54, 1.807) is 6.92 Å². The van der Waals surface area contributed by atoms with E-state index in [9.17, 15) is 9.59 Å². The molecule has 0 saturated carbocycles. The second kappa shape index (κ2) is 6.00. The van der Waals surface area contributed by atoms with Crippen molar-refractivity contribution < 1.29 is 14.3 Å². The van der Waals surface area contributed by atoms with Gasteiger partial charge in [0.2, 0.25) is 0 Å². The molecule has 0 aromatic rings. The summed E-state index contributed by atoms with van der Waals surface area (Å²) in [5.74, 6) is -0.900. The number of esters is 1. The number of guanidine groups is 1. The van der Waals surface area contributed by atoms with Gasteiger partial charge in [0, 0.05) is 0 Å². The van der Waals surface area contributed by atoms with Crippen LogP contribution in [-0.4, -0.2) is 23.9 Å². The largest absolute Gasteiger partial charge is 0.394 e. The Morgan fingerprint density at radius 2 is 2.07 bits per heavy atom. The molecule has 1 unspecified atom stereocenters. The third-order valence-corrected chi connectivity index (χ3v) is 2.13. The molecule has 0 heterocycles. The van der Waals surface area contributed by atoms with Gasteiger partial charge in [-0.25, -0.2) is 9.79 Å². The van der Waals surface area contributed by atoms with E-state index in [4.69, 9.17) is 11.5 Å². The molecule has 86 valence electrons. The van der Waals surface area contributed by atoms with Gasteiger partial charge in [-0.2, -0.15) is 0 Å². The van der Waals surface area contributed by atoms with Gasteiger partial charge in [-0.1, -0.05) is 20.3 Å². The van der Waals surface area contributed by atoms with E-state index in [1.165, 1.54) is 0 Å². The van der Waals surface area contributed by atoms with E-state index in [-0.39, 0.29) is 12.4 Å². The lowest BCUT2D eigenvalue weighted by molar-refractivity contribution is -0.156. The molecule has 6 nitrogen and oxygen atoms in total. The molecule has 0 saturated heterocycles. The minimum atomic E-state index is -1.13. The predicted octanol–water partition coefficient (Wildman–Crippen LogP) is -0.0917. The van der Waals surface area contributed by atoms with E-state index in [0.29, 0.717) is 19.3 Å². The zero-order valence-corrected chi connectivity index (χ0v) is 9.03. The second-order valence-corrected chi connectivity index (χ2v) is 3.17. The lowest BCUT2D eigenvalue weighted by Crippen LogP contribution is -2.41. The zero-order valence-electron chi connectivity index (χ0n) is 9.03. The first kappa shape index (κ1) is 13.4. The van der Waals surface area contributed by atoms with Crippen LogP contribution in [0.4, 0.5) is 0 Å². The van der Waals surface area contributed by atoms with Crippen molar-refractivity contribution in [2.45, 2.75) is 38.6 Å². The van der Waals surface area contributed by atoms with Gasteiger partial charge in [-0.05, 0) is 12.8 Å². The SMILES string of the molecule is CCCC(CC)(N=C(N)N)C(=O)OC=O. The summed E-state index contributed by atoms with van der Waals surface area (Å²) in [7, 11) is 0. The van der Waals surface area contributed by atoms with E-state index < -0.39 is 11.5 Å². The number of nitrogens with zero attached hydrogens (tertiary/aromatic N) is 1. The molecule has 0 aromatic heterocycles. The zero-order chi connectivity index (χ0) is 11.9. The molecule has 0 spiro atoms. The van der Waals surface area contributed by atoms with E-state index in [1.807, 2.05) is 6.92 Å². The van der Waals surface area contributed by atoms with Crippen molar-refractivity contribution in [1.29, 1.82) is 0 Å². The lowest BCUT2D eigenvalue weighted by Gasteiger charge is -2.24. The normalized spacial score (nSPS) is 13.7. The van der Waals surface area contributed by atoms with Crippen LogP contribution in [-0.2, 0) is 14.3 Å². The molecule has 0 aliphatic heterocycles. The standard InChI is InChI=1S/C9H17N3O3/c1-3-5-9(4-2,12-8(10)11)7(14)15-6-13/h6H,3-5H2,1-2H3,(H4,10,11,12). The fourth-order valence-corrected chi connectivity index (χ4v) is 1.42. The van der Waals surface area contributed by atoms with Crippen molar-refractivity contribution in [3.05, 3.63) is 0 Å². The predicted molar refractivity (Wildman–Crippen MR) is 55.9 cm³/mol. The molecule has 0 aromatic carbocycles. The van der Waals surface area contributed by atoms with Gasteiger partial charge in [0.05, 0.1) is 0 Å². The van der Waals surface area contributed by atoms with E-state index >= 15 is 0 Å². The van der Waals surface area contributed by atoms with Gasteiger partial charge in [0.25, 0.3) is 0 Å². The Labute approximate surface area is 88.7 Å². The lowest BCUT2D eigenvalue weighted by atomic mass is 9.91. The Morgan fingerprint density at radius 3 is 2.40 bits per heavy atom. The van der Waals surface area contributed by atoms with Crippen molar-refractivity contribution in [2.75, 3.05) is 0 Å². The summed E-state index contributed by atoms with van der Waals surface area (Å²) >= 11 is 0. The Kier molecular flexibility index (Phi) is 5.36. The van der Waals surface area contributed by atoms with Crippen LogP contribution < -0.4 is 11.5 Å². The maximum absolute atomic E-state index is 11.6. The molecular weight excluding hydrogens is 198 g/mol. The summed E-state index contributed by atoms with van der Waals surface area (Å²) < 4.78 is 4.31. The molecular formula is C9H17N3O3. The summed E-state index contributed by atoms with van der Waals surface area (Å²) in [6.07, 6.45) is 1.53. The Balaban J connectivity index is 5.04. The number of hydrogen-bond donors (Lipinski definition) is 2. The molecule has 0 aliphatic rings. The van der Waals surface area contributed by atoms with Crippen LogP contribution in [0.15, 0.2) is 4.99 Å². The van der Waals surface area contributed by atoms with Gasteiger partial charge in [-0.15, -0.1) is 0 Å². The highest BCUT2D eigenvalue weighted by Crippen LogP contribution is 2.24. The summed E-state index contributed by atoms with van der Waals surface area (Å²) in [6, 6.07) is 0. The summed E-state index contributed by atoms with van der Waals surface area (Å²) in [6.45, 7) is 3.74. The van der Waals surface area contributed by atoms with Gasteiger partial charge in [0.15, 0.2) is 11.5 Å². The summed E-state index contributed by atoms with van der Waals surface area (Å²) in [4.78, 5) is 25.5. The van der Waals surface area contributed by atoms with Gasteiger partial charge in [-0.3, -0.25) is 4.79 Å². The highest BCUT2D eigenvalue weighted by Gasteiger charge is 2.37. The fraction of sp³-hybridized carbons (Fsp3) is 0.667. The minimum Gasteiger partial charge on any atom is -0.394 e. The van der Waals surface area contributed by atoms with E-state index in [2.05, 4.69) is 9.73 Å². The Morgan fingerprint density at radius 1 is 1.47 bits per heavy atom. The monoisotopic (exact) mass is 215 g/mol. The fourth-order valence-electron chi connectivity index (χ4n) is 1.42. The van der Waals surface area contributed by atoms with Crippen LogP contribution in [0.3, 0.4) is 0 Å². The third kappa shape index (κ3) is 3.57. The van der Waals surface area contributed by atoms with E-state index in [0.717, 1.165) is 0 Å². The molecule has 4 N–H and O–H groups in total. The first-order valence-electron chi connectivity index (χ1n) is 4.78. The summed E-state index contributed by atoms with van der Waals surface area (Å²) in [5.41, 5.74) is 9.37. The molecule has 15 heavy (non-hydrogen) atoms. The van der Waals surface area contributed by atoms with Crippen LogP contribution >= 0.6 is 0 Å². The number of aliphatic imine (C=N–C) groups is 1. The molecule has 6 heteroatoms. The van der Waals surface area contributed by atoms with Gasteiger partial charge >= 0.3 is 12.4 Å². The number of ether oxygens (including phenoxy) is 1. The first-order chi connectivity index (χ1) is 7.02. The molecule has 0 fully saturated rings. The minimum absolute atomic E-state index is 0.0879. The molecule has 0 rings (SSSR count). The molecule has 0 aliphatic carbocycles. The molecule has 1 atom stereocenters. The highest BCUT2D eigenvalue weighted by atomic mass is 16.6.